The molecule has 131 heavy (non-hydrogen) atoms. The summed E-state index contributed by atoms with van der Waals surface area (Å²) in [7, 11) is -0.0349. The van der Waals surface area contributed by atoms with Gasteiger partial charge < -0.3 is 144 Å². The second-order valence-corrected chi connectivity index (χ2v) is 31.9. The number of nitro groups is 9. The van der Waals surface area contributed by atoms with Crippen LogP contribution in [0, 0.1) is 115 Å². The fraction of sp³-hybridized carbons (Fsp3) is 0.746. The molecule has 58 nitrogen and oxygen atoms in total. The molecule has 20 atom stereocenters. The molecule has 60 heteroatoms. The third kappa shape index (κ3) is 33.2. The van der Waals surface area contributed by atoms with Crippen molar-refractivity contribution in [2.45, 2.75) is 208 Å². The molecule has 742 valence electrons. The molecule has 0 saturated carbocycles. The first-order chi connectivity index (χ1) is 60.4. The average Bonchev–Trinajstić information content (AvgIpc) is 0.730. The van der Waals surface area contributed by atoms with Crippen molar-refractivity contribution in [3.63, 3.8) is 0 Å². The van der Waals surface area contributed by atoms with Gasteiger partial charge in [-0.3, -0.25) is 91.0 Å². The van der Waals surface area contributed by atoms with Crippen LogP contribution in [-0.4, -0.2) is 354 Å². The summed E-state index contributed by atoms with van der Waals surface area (Å²) in [5.74, 6) is -3.38. The van der Waals surface area contributed by atoms with E-state index < -0.39 is 281 Å². The van der Waals surface area contributed by atoms with Gasteiger partial charge in [-0.25, -0.2) is 8.42 Å². The molecule has 3 aromatic carbocycles. The maximum atomic E-state index is 10.9. The molecule has 0 aromatic heterocycles. The Labute approximate surface area is 768 Å². The van der Waals surface area contributed by atoms with Crippen molar-refractivity contribution in [1.29, 1.82) is 0 Å². The monoisotopic (exact) mass is 1930 g/mol. The largest absolute Gasteiger partial charge is 1.00 e. The Kier molecular flexibility index (Phi) is 50.8. The number of nitrogens with zero attached hydrogens (tertiary/aromatic N) is 9. The van der Waals surface area contributed by atoms with Crippen molar-refractivity contribution < 1.29 is 210 Å². The predicted molar refractivity (Wildman–Crippen MR) is 437 cm³/mol. The van der Waals surface area contributed by atoms with E-state index in [1.54, 1.807) is 69.2 Å². The quantitative estimate of drug-likeness (QED) is 0.00860. The van der Waals surface area contributed by atoms with Crippen LogP contribution in [0.25, 0.3) is 0 Å². The number of nitrogens with two attached hydrogens (primary N) is 2. The van der Waals surface area contributed by atoms with Crippen LogP contribution in [0.5, 0.6) is 0 Å². The van der Waals surface area contributed by atoms with Crippen molar-refractivity contribution in [2.75, 3.05) is 119 Å². The van der Waals surface area contributed by atoms with Crippen molar-refractivity contribution in [3.05, 3.63) is 133 Å². The smallest absolute Gasteiger partial charge is 0.744 e. The van der Waals surface area contributed by atoms with Crippen LogP contribution < -0.4 is 46.3 Å². The van der Waals surface area contributed by atoms with Gasteiger partial charge in [0.15, 0.2) is 30.8 Å². The molecule has 4 fully saturated rings. The van der Waals surface area contributed by atoms with Crippen molar-refractivity contribution in [1.82, 2.24) is 0 Å². The molecule has 20 unspecified atom stereocenters. The molecule has 7 rings (SSSR count). The van der Waals surface area contributed by atoms with E-state index in [2.05, 4.69) is 5.32 Å². The third-order valence-electron chi connectivity index (χ3n) is 20.6. The van der Waals surface area contributed by atoms with Crippen molar-refractivity contribution in [3.8, 4) is 0 Å². The van der Waals surface area contributed by atoms with E-state index in [4.69, 9.17) is 73.0 Å². The van der Waals surface area contributed by atoms with Gasteiger partial charge in [-0.2, -0.15) is 0 Å². The van der Waals surface area contributed by atoms with Gasteiger partial charge in [-0.1, -0.05) is 13.3 Å². The van der Waals surface area contributed by atoms with Gasteiger partial charge in [0, 0.05) is 78.4 Å². The fourth-order valence-corrected chi connectivity index (χ4v) is 15.0. The van der Waals surface area contributed by atoms with Gasteiger partial charge >= 0.3 is 52.3 Å². The van der Waals surface area contributed by atoms with E-state index in [1.807, 2.05) is 0 Å². The second kappa shape index (κ2) is 55.0. The van der Waals surface area contributed by atoms with Gasteiger partial charge in [-0.05, 0) is 68.7 Å². The molecule has 4 aliphatic rings. The minimum Gasteiger partial charge on any atom is -0.744 e. The minimum absolute atomic E-state index is 0. The van der Waals surface area contributed by atoms with E-state index >= 15 is 0 Å². The molecule has 0 spiro atoms. The Balaban J connectivity index is 0.000000808. The number of nitrogens with one attached hydrogen (secondary N) is 1. The zero-order valence-electron chi connectivity index (χ0n) is 74.0. The average molecular weight is 1930 g/mol. The van der Waals surface area contributed by atoms with E-state index in [0.717, 1.165) is 12.1 Å². The topological polar surface area (TPSA) is 872 Å². The molecule has 4 heterocycles. The number of non-ortho nitro benzene ring substituents is 3. The van der Waals surface area contributed by atoms with Gasteiger partial charge in [-0.15, -0.1) is 0 Å². The summed E-state index contributed by atoms with van der Waals surface area (Å²) < 4.78 is 103. The number of nitro benzene ring substituents is 9. The SMILES string of the molecule is CCCc1c([N+](=O)[O-])cc([N+](=O)[O-])cc1[N+](=O)[O-].CCOCCNc1c([N+](=O)[O-])cc([N+](=O)[O-])cc1[N+](=O)[O-].COC1OC(CO)C(C(C)(C)OC2OC(CO)C(C(C)(C)OC)C(O)C2O)C(O)C1O.COC1OC(CO)C(C(C)(C)OC2OC(CO)C(C(C)(C)OC)C(O)C2O)C(O)C1O.NCCOCCOCCN.O=[N+]([O-])c1cc([N+](=O)[O-])c(S(=O)(=O)[O-])c([N+](=O)[O-])c1.[Na+]. The number of aliphatic hydroxyl groups is 12. The summed E-state index contributed by atoms with van der Waals surface area (Å²) in [6.45, 7) is 19.0. The Hall–Kier alpha value is -8.11. The summed E-state index contributed by atoms with van der Waals surface area (Å²) in [5, 5.41) is 223. The standard InChI is InChI=1S/2C20H38O11.C10H12N4O7.C9H9N3O6.C6H3N3O9S.C6H16N2O2.Na/c2*1-19(2,28-6)11-9(7-21)30-18(16(26)13(11)23)31-20(3,4)12-10(8-22)29-17(27-5)15(25)14(12)24;1-2-21-4-3-11-10-8(13(17)18)5-7(12(15)16)6-9(10)14(19)20;1-2-3-7-8(11(15)16)4-6(10(13)14)5-9(7)12(17)18;10-7(11)3-1-4(8(12)13)6(19(16,17)18)5(2-3)9(14)15;7-1-3-9-5-6-10-4-2-8;/h2*9-18,21-26H,7-8H2,1-6H3;5-6,11H,2-4H2,1H3;4-5H,2-3H2,1H3;1-2H,(H,16,17,18);1-8H2;/q;;;;;;+1/p-1. The van der Waals surface area contributed by atoms with E-state index in [0.29, 0.717) is 64.7 Å². The maximum Gasteiger partial charge on any atom is 1.00 e. The normalized spacial score (nSPS) is 25.5. The van der Waals surface area contributed by atoms with Crippen molar-refractivity contribution >= 4 is 67.0 Å². The van der Waals surface area contributed by atoms with Crippen LogP contribution in [0.2, 0.25) is 0 Å². The van der Waals surface area contributed by atoms with E-state index in [9.17, 15) is 165 Å². The number of benzene rings is 3. The van der Waals surface area contributed by atoms with Gasteiger partial charge in [0.1, 0.15) is 40.1 Å². The Morgan fingerprint density at radius 3 is 0.901 bits per heavy atom. The first kappa shape index (κ1) is 121. The summed E-state index contributed by atoms with van der Waals surface area (Å²) in [6, 6.07) is 3.18. The van der Waals surface area contributed by atoms with E-state index in [-0.39, 0.29) is 72.5 Å². The number of rotatable bonds is 40. The molecule has 17 N–H and O–H groups in total. The number of anilines is 1. The molecule has 0 radical (unpaired) electrons. The van der Waals surface area contributed by atoms with Gasteiger partial charge in [0.2, 0.25) is 4.90 Å². The first-order valence-electron chi connectivity index (χ1n) is 39.1. The minimum atomic E-state index is -5.55. The Bertz CT molecular complexity index is 4100. The predicted octanol–water partition coefficient (Wildman–Crippen LogP) is -3.59. The summed E-state index contributed by atoms with van der Waals surface area (Å²) in [4.78, 5) is 85.3. The fourth-order valence-electron chi connectivity index (χ4n) is 14.2. The molecule has 0 amide bonds. The number of aliphatic hydroxyl groups excluding tert-OH is 12. The molecule has 0 bridgehead atoms. The first-order valence-corrected chi connectivity index (χ1v) is 40.5. The molecule has 4 saturated heterocycles. The van der Waals surface area contributed by atoms with Crippen LogP contribution in [0.3, 0.4) is 0 Å². The number of ether oxygens (including phenoxy) is 13. The summed E-state index contributed by atoms with van der Waals surface area (Å²) >= 11 is 0. The van der Waals surface area contributed by atoms with Gasteiger partial charge in [0.05, 0.1) is 211 Å². The van der Waals surface area contributed by atoms with Gasteiger partial charge in [0.25, 0.3) is 28.4 Å². The number of methoxy groups -OCH3 is 4. The number of hydrogen-bond acceptors (Lipinski definition) is 49. The second-order valence-electron chi connectivity index (χ2n) is 30.5. The van der Waals surface area contributed by atoms with Crippen LogP contribution in [0.4, 0.5) is 56.9 Å². The third-order valence-corrected chi connectivity index (χ3v) is 21.5. The summed E-state index contributed by atoms with van der Waals surface area (Å²) in [6.07, 6.45) is -19.4. The molecular weight excluding hydrogens is 1810 g/mol. The molecular formula is C71H115N12NaO46S. The molecule has 0 aliphatic carbocycles. The van der Waals surface area contributed by atoms with E-state index in [1.165, 1.54) is 28.4 Å². The molecule has 3 aromatic rings. The Morgan fingerprint density at radius 1 is 0.397 bits per heavy atom. The van der Waals surface area contributed by atoms with Crippen LogP contribution in [0.1, 0.15) is 81.2 Å². The maximum absolute atomic E-state index is 10.9. The molecule has 4 aliphatic heterocycles. The van der Waals surface area contributed by atoms with Crippen LogP contribution >= 0.6 is 0 Å². The van der Waals surface area contributed by atoms with Crippen LogP contribution in [0.15, 0.2) is 41.3 Å². The zero-order valence-corrected chi connectivity index (χ0v) is 76.8. The van der Waals surface area contributed by atoms with Crippen molar-refractivity contribution in [2.24, 2.45) is 35.1 Å². The van der Waals surface area contributed by atoms with Crippen LogP contribution in [-0.2, 0) is 78.1 Å². The zero-order chi connectivity index (χ0) is 99.9. The number of hydrogen-bond donors (Lipinski definition) is 15. The Morgan fingerprint density at radius 2 is 0.664 bits per heavy atom. The summed E-state index contributed by atoms with van der Waals surface area (Å²) in [5.41, 5.74) is -2.65.